The molecule has 0 fully saturated rings. The molecule has 0 aliphatic heterocycles. The molecule has 362 valence electrons. The van der Waals surface area contributed by atoms with Crippen LogP contribution in [0.15, 0.2) is 23.6 Å². The fraction of sp³-hybridized carbons (Fsp3) is 0.833. The van der Waals surface area contributed by atoms with Crippen LogP contribution in [0.3, 0.4) is 0 Å². The molecule has 0 aliphatic carbocycles. The molecule has 14 nitrogen and oxygen atoms in total. The minimum atomic E-state index is -2.49. The molecule has 0 saturated heterocycles. The van der Waals surface area contributed by atoms with Crippen molar-refractivity contribution in [2.75, 3.05) is 39.5 Å². The molecule has 0 rings (SSSR count). The van der Waals surface area contributed by atoms with E-state index in [0.29, 0.717) is 39.5 Å². The number of hydrogen-bond donors (Lipinski definition) is 2. The van der Waals surface area contributed by atoms with Crippen LogP contribution in [-0.2, 0) is 51.2 Å². The van der Waals surface area contributed by atoms with Crippen molar-refractivity contribution < 1.29 is 51.2 Å². The van der Waals surface area contributed by atoms with Crippen molar-refractivity contribution in [3.63, 3.8) is 0 Å². The molecule has 0 aromatic rings. The molecule has 0 spiro atoms. The third-order valence-corrected chi connectivity index (χ3v) is 45.6. The predicted octanol–water partition coefficient (Wildman–Crippen LogP) is 9.45. The van der Waals surface area contributed by atoms with Gasteiger partial charge >= 0.3 is 68.5 Å². The Kier molecular flexibility index (Phi) is 30.3. The number of hydrogen-bond acceptors (Lipinski definition) is 14. The van der Waals surface area contributed by atoms with E-state index in [1.54, 1.807) is 0 Å². The Morgan fingerprint density at radius 1 is 0.410 bits per heavy atom. The van der Waals surface area contributed by atoms with E-state index in [-0.39, 0.29) is 0 Å². The summed E-state index contributed by atoms with van der Waals surface area (Å²) < 4.78 is 74.2. The molecule has 0 aliphatic rings. The van der Waals surface area contributed by atoms with E-state index in [9.17, 15) is 0 Å². The van der Waals surface area contributed by atoms with Gasteiger partial charge in [0.1, 0.15) is 0 Å². The topological polar surface area (TPSA) is 163 Å². The van der Waals surface area contributed by atoms with Crippen LogP contribution >= 0.6 is 0 Å². The molecule has 0 aromatic carbocycles. The van der Waals surface area contributed by atoms with E-state index in [1.807, 2.05) is 26.0 Å². The van der Waals surface area contributed by atoms with Gasteiger partial charge in [0, 0.05) is 26.4 Å². The molecule has 0 aromatic heterocycles. The first-order valence-corrected chi connectivity index (χ1v) is 49.3. The van der Waals surface area contributed by atoms with Gasteiger partial charge in [-0.25, -0.2) is 14.2 Å². The van der Waals surface area contributed by atoms with Gasteiger partial charge in [-0.3, -0.25) is 0 Å². The minimum Gasteiger partial charge on any atom is -0.552 e. The van der Waals surface area contributed by atoms with E-state index >= 15 is 0 Å². The van der Waals surface area contributed by atoms with Gasteiger partial charge in [0.05, 0.1) is 0 Å². The Morgan fingerprint density at radius 3 is 0.885 bits per heavy atom. The second kappa shape index (κ2) is 28.3. The SMILES string of the molecule is [CH2-]OC/C=C/[Si](C)(C)O[Si](C)(C)O[Si](C)(C)O[Si](C)(C)O[Si](C)(CCCN)OCC.[CH2-]OC/C=C/[Si](C)(C)O[Si](C)(C)O[Si](C)(C)O[Si](C)(C)O[Si](C)(CCCN)OCC.[Rf]. The normalized spacial score (nSPS) is 16.0. The van der Waals surface area contributed by atoms with E-state index in [4.69, 9.17) is 62.7 Å². The van der Waals surface area contributed by atoms with Crippen molar-refractivity contribution in [3.8, 4) is 0 Å². The minimum absolute atomic E-state index is 0. The standard InChI is InChI=1S/2C18H46NO6Si5.Rf/c2*1-12-21-30(11,18-13-15-19)25-29(9,10)24-28(7,8)23-27(5,6)22-26(3,4)17-14-16-20-2;/h2*14,17H,2,12-13,15-16,18-19H2,1,3-11H3;/q2*-1;/b2*17-14+;. The van der Waals surface area contributed by atoms with Crippen molar-refractivity contribution in [1.29, 1.82) is 0 Å². The summed E-state index contributed by atoms with van der Waals surface area (Å²) in [5.74, 6) is 0. The number of rotatable bonds is 32. The number of nitrogens with two attached hydrogens (primary N) is 2. The van der Waals surface area contributed by atoms with Gasteiger partial charge in [0.2, 0.25) is 0 Å². The van der Waals surface area contributed by atoms with E-state index in [2.05, 4.69) is 143 Å². The molecule has 2 atom stereocenters. The molecule has 2 unspecified atom stereocenters. The predicted molar refractivity (Wildman–Crippen MR) is 273 cm³/mol. The molecule has 0 heterocycles. The first-order valence-electron chi connectivity index (χ1n) is 21.4. The molecule has 25 heteroatoms. The molecule has 0 amide bonds. The van der Waals surface area contributed by atoms with Gasteiger partial charge in [0.15, 0.2) is 16.6 Å². The smallest absolute Gasteiger partial charge is 0.326 e. The zero-order valence-electron chi connectivity index (χ0n) is 42.6. The van der Waals surface area contributed by atoms with Crippen molar-refractivity contribution in [2.45, 2.75) is 157 Å². The maximum absolute atomic E-state index is 6.58. The Balaban J connectivity index is -0.00000109. The Labute approximate surface area is 379 Å². The molecule has 0 saturated carbocycles. The van der Waals surface area contributed by atoms with Crippen LogP contribution in [0.25, 0.3) is 0 Å². The van der Waals surface area contributed by atoms with Crippen LogP contribution in [0.5, 0.6) is 0 Å². The fourth-order valence-corrected chi connectivity index (χ4v) is 54.4. The molecular weight excluding hydrogens is 1200 g/mol. The average molecular weight is 1290 g/mol. The Hall–Kier alpha value is 0.0888. The summed E-state index contributed by atoms with van der Waals surface area (Å²) in [6, 6.07) is 1.74. The summed E-state index contributed by atoms with van der Waals surface area (Å²) >= 11 is 0. The second-order valence-electron chi connectivity index (χ2n) is 18.9. The summed E-state index contributed by atoms with van der Waals surface area (Å²) in [7, 11) is -16.7. The van der Waals surface area contributed by atoms with Gasteiger partial charge in [-0.1, -0.05) is 23.6 Å². The average Bonchev–Trinajstić information content (AvgIpc) is 2.99. The van der Waals surface area contributed by atoms with Crippen molar-refractivity contribution in [3.05, 3.63) is 37.8 Å². The summed E-state index contributed by atoms with van der Waals surface area (Å²) in [5.41, 5.74) is 15.7. The van der Waals surface area contributed by atoms with Crippen molar-refractivity contribution in [2.24, 2.45) is 11.5 Å². The maximum Gasteiger partial charge on any atom is 0.326 e. The van der Waals surface area contributed by atoms with Gasteiger partial charge in [-0.2, -0.15) is 0 Å². The van der Waals surface area contributed by atoms with Crippen LogP contribution in [-0.4, -0.2) is 125 Å². The Bertz CT molecular complexity index is 1170. The van der Waals surface area contributed by atoms with Crippen LogP contribution in [0, 0.1) is 14.2 Å². The van der Waals surface area contributed by atoms with E-state index in [1.165, 1.54) is 0 Å². The molecular formula is C36H92N2O12RfSi10-2. The summed E-state index contributed by atoms with van der Waals surface area (Å²) in [4.78, 5) is 0. The largest absolute Gasteiger partial charge is 0.552 e. The molecule has 0 radical (unpaired) electrons. The van der Waals surface area contributed by atoms with Crippen LogP contribution in [0.4, 0.5) is 0 Å². The van der Waals surface area contributed by atoms with Gasteiger partial charge in [-0.05, 0) is 170 Å². The first-order chi connectivity index (χ1) is 27.0. The first kappa shape index (κ1) is 65.4. The molecule has 0 bridgehead atoms. The van der Waals surface area contributed by atoms with E-state index in [0.717, 1.165) is 24.9 Å². The quantitative estimate of drug-likeness (QED) is 0.0484. The van der Waals surface area contributed by atoms with Crippen LogP contribution < -0.4 is 11.5 Å². The summed E-state index contributed by atoms with van der Waals surface area (Å²) in [6.07, 6.45) is 5.72. The zero-order valence-corrected chi connectivity index (χ0v) is 59.0. The van der Waals surface area contributed by atoms with E-state index < -0.39 is 85.1 Å². The van der Waals surface area contributed by atoms with Gasteiger partial charge in [0.25, 0.3) is 0 Å². The van der Waals surface area contributed by atoms with Crippen LogP contribution in [0.2, 0.25) is 130 Å². The molecule has 61 heavy (non-hydrogen) atoms. The van der Waals surface area contributed by atoms with Crippen molar-refractivity contribution in [1.82, 2.24) is 0 Å². The van der Waals surface area contributed by atoms with Gasteiger partial charge < -0.3 is 62.7 Å². The molecule has 4 N–H and O–H groups in total. The Morgan fingerprint density at radius 2 is 0.656 bits per heavy atom. The summed E-state index contributed by atoms with van der Waals surface area (Å²) in [5, 5.41) is 0. The third-order valence-electron chi connectivity index (χ3n) is 7.94. The second-order valence-corrected chi connectivity index (χ2v) is 55.4. The van der Waals surface area contributed by atoms with Gasteiger partial charge in [-0.15, -0.1) is 0 Å². The zero-order chi connectivity index (χ0) is 47.4. The third kappa shape index (κ3) is 33.3. The monoisotopic (exact) mass is 1290 g/mol. The van der Waals surface area contributed by atoms with Crippen LogP contribution in [0.1, 0.15) is 26.7 Å². The van der Waals surface area contributed by atoms with Crippen molar-refractivity contribution >= 4 is 85.1 Å². The summed E-state index contributed by atoms with van der Waals surface area (Å²) in [6.45, 7) is 45.3. The number of ether oxygens (including phenoxy) is 2. The fourth-order valence-electron chi connectivity index (χ4n) is 7.43. The maximum atomic E-state index is 6.58.